The van der Waals surface area contributed by atoms with Gasteiger partial charge in [0.05, 0.1) is 17.6 Å². The van der Waals surface area contributed by atoms with Gasteiger partial charge in [0.25, 0.3) is 0 Å². The molecule has 0 aliphatic carbocycles. The highest BCUT2D eigenvalue weighted by Gasteiger charge is 2.04. The Morgan fingerprint density at radius 1 is 1.22 bits per heavy atom. The number of aromatic nitrogens is 1. The molecule has 0 aliphatic rings. The molecule has 1 aromatic carbocycles. The molecule has 92 valence electrons. The standard InChI is InChI=1S/C13H13N3OS/c14-10-6-7-12(15-8-10)16-13(17)9-18-11-4-2-1-3-5-11/h1-8H,9,14H2,(H,15,16,17). The van der Waals surface area contributed by atoms with Crippen LogP contribution in [0.25, 0.3) is 0 Å². The zero-order valence-corrected chi connectivity index (χ0v) is 10.5. The predicted octanol–water partition coefficient (Wildman–Crippen LogP) is 2.39. The molecule has 3 N–H and O–H groups in total. The molecule has 0 saturated heterocycles. The second-order valence-corrected chi connectivity index (χ2v) is 4.68. The summed E-state index contributed by atoms with van der Waals surface area (Å²) < 4.78 is 0. The van der Waals surface area contributed by atoms with Gasteiger partial charge in [-0.25, -0.2) is 4.98 Å². The monoisotopic (exact) mass is 259 g/mol. The number of anilines is 2. The van der Waals surface area contributed by atoms with Crippen molar-refractivity contribution in [2.75, 3.05) is 16.8 Å². The van der Waals surface area contributed by atoms with E-state index in [0.29, 0.717) is 17.3 Å². The minimum Gasteiger partial charge on any atom is -0.397 e. The van der Waals surface area contributed by atoms with E-state index in [1.807, 2.05) is 30.3 Å². The van der Waals surface area contributed by atoms with E-state index in [0.717, 1.165) is 4.90 Å². The lowest BCUT2D eigenvalue weighted by molar-refractivity contribution is -0.113. The molecule has 2 aromatic rings. The van der Waals surface area contributed by atoms with Gasteiger partial charge in [-0.1, -0.05) is 18.2 Å². The number of benzene rings is 1. The summed E-state index contributed by atoms with van der Waals surface area (Å²) in [5.41, 5.74) is 6.09. The third kappa shape index (κ3) is 3.78. The highest BCUT2D eigenvalue weighted by Crippen LogP contribution is 2.17. The van der Waals surface area contributed by atoms with Gasteiger partial charge in [0, 0.05) is 4.90 Å². The van der Waals surface area contributed by atoms with E-state index >= 15 is 0 Å². The van der Waals surface area contributed by atoms with Gasteiger partial charge in [-0.2, -0.15) is 0 Å². The molecule has 1 aromatic heterocycles. The van der Waals surface area contributed by atoms with Gasteiger partial charge in [-0.05, 0) is 24.3 Å². The van der Waals surface area contributed by atoms with Gasteiger partial charge in [0.2, 0.25) is 5.91 Å². The SMILES string of the molecule is Nc1ccc(NC(=O)CSc2ccccc2)nc1. The molecule has 4 nitrogen and oxygen atoms in total. The highest BCUT2D eigenvalue weighted by atomic mass is 32.2. The fourth-order valence-corrected chi connectivity index (χ4v) is 2.04. The molecule has 1 heterocycles. The zero-order chi connectivity index (χ0) is 12.8. The van der Waals surface area contributed by atoms with Gasteiger partial charge in [-0.15, -0.1) is 11.8 Å². The molecule has 5 heteroatoms. The van der Waals surface area contributed by atoms with Crippen LogP contribution in [-0.4, -0.2) is 16.6 Å². The van der Waals surface area contributed by atoms with Crippen molar-refractivity contribution in [3.8, 4) is 0 Å². The van der Waals surface area contributed by atoms with Gasteiger partial charge in [0.15, 0.2) is 0 Å². The normalized spacial score (nSPS) is 10.0. The molecule has 0 bridgehead atoms. The summed E-state index contributed by atoms with van der Waals surface area (Å²) in [5, 5.41) is 2.71. The number of carbonyl (C=O) groups excluding carboxylic acids is 1. The van der Waals surface area contributed by atoms with Crippen LogP contribution in [0.2, 0.25) is 0 Å². The van der Waals surface area contributed by atoms with Crippen molar-refractivity contribution >= 4 is 29.2 Å². The van der Waals surface area contributed by atoms with Gasteiger partial charge >= 0.3 is 0 Å². The molecule has 18 heavy (non-hydrogen) atoms. The average Bonchev–Trinajstić information content (AvgIpc) is 2.40. The van der Waals surface area contributed by atoms with Crippen LogP contribution in [0, 0.1) is 0 Å². The van der Waals surface area contributed by atoms with Crippen LogP contribution in [0.4, 0.5) is 11.5 Å². The molecule has 0 atom stereocenters. The summed E-state index contributed by atoms with van der Waals surface area (Å²) in [6.07, 6.45) is 1.51. The first-order chi connectivity index (χ1) is 8.74. The van der Waals surface area contributed by atoms with Crippen LogP contribution in [0.15, 0.2) is 53.6 Å². The topological polar surface area (TPSA) is 68.0 Å². The average molecular weight is 259 g/mol. The van der Waals surface area contributed by atoms with E-state index in [-0.39, 0.29) is 5.91 Å². The van der Waals surface area contributed by atoms with Crippen molar-refractivity contribution in [2.24, 2.45) is 0 Å². The predicted molar refractivity (Wildman–Crippen MR) is 74.4 cm³/mol. The van der Waals surface area contributed by atoms with Crippen molar-refractivity contribution < 1.29 is 4.79 Å². The number of nitrogens with zero attached hydrogens (tertiary/aromatic N) is 1. The molecular formula is C13H13N3OS. The molecule has 2 rings (SSSR count). The summed E-state index contributed by atoms with van der Waals surface area (Å²) in [6.45, 7) is 0. The second-order valence-electron chi connectivity index (χ2n) is 3.63. The Hall–Kier alpha value is -2.01. The maximum absolute atomic E-state index is 11.7. The lowest BCUT2D eigenvalue weighted by Gasteiger charge is -2.04. The van der Waals surface area contributed by atoms with Crippen LogP contribution in [0.5, 0.6) is 0 Å². The Morgan fingerprint density at radius 2 is 2.00 bits per heavy atom. The number of hydrogen-bond donors (Lipinski definition) is 2. The lowest BCUT2D eigenvalue weighted by atomic mass is 10.4. The Kier molecular flexibility index (Phi) is 4.20. The van der Waals surface area contributed by atoms with Gasteiger partial charge < -0.3 is 11.1 Å². The third-order valence-corrected chi connectivity index (χ3v) is 3.18. The first kappa shape index (κ1) is 12.4. The van der Waals surface area contributed by atoms with Crippen LogP contribution >= 0.6 is 11.8 Å². The fourth-order valence-electron chi connectivity index (χ4n) is 1.32. The minimum absolute atomic E-state index is 0.0823. The molecule has 0 radical (unpaired) electrons. The number of hydrogen-bond acceptors (Lipinski definition) is 4. The maximum atomic E-state index is 11.7. The number of thioether (sulfide) groups is 1. The summed E-state index contributed by atoms with van der Waals surface area (Å²) in [7, 11) is 0. The van der Waals surface area contributed by atoms with Crippen LogP contribution < -0.4 is 11.1 Å². The maximum Gasteiger partial charge on any atom is 0.235 e. The van der Waals surface area contributed by atoms with Crippen molar-refractivity contribution in [2.45, 2.75) is 4.90 Å². The van der Waals surface area contributed by atoms with Crippen molar-refractivity contribution in [1.29, 1.82) is 0 Å². The first-order valence-electron chi connectivity index (χ1n) is 5.43. The number of nitrogens with one attached hydrogen (secondary N) is 1. The van der Waals surface area contributed by atoms with E-state index < -0.39 is 0 Å². The smallest absolute Gasteiger partial charge is 0.235 e. The molecule has 0 spiro atoms. The van der Waals surface area contributed by atoms with Crippen molar-refractivity contribution in [3.63, 3.8) is 0 Å². The van der Waals surface area contributed by atoms with E-state index in [1.54, 1.807) is 12.1 Å². The van der Waals surface area contributed by atoms with Gasteiger partial charge in [-0.3, -0.25) is 4.79 Å². The Morgan fingerprint density at radius 3 is 2.67 bits per heavy atom. The number of nitrogens with two attached hydrogens (primary N) is 1. The Balaban J connectivity index is 1.84. The van der Waals surface area contributed by atoms with Crippen LogP contribution in [0.3, 0.4) is 0 Å². The second kappa shape index (κ2) is 6.07. The number of amides is 1. The zero-order valence-electron chi connectivity index (χ0n) is 9.67. The molecule has 0 saturated carbocycles. The largest absolute Gasteiger partial charge is 0.397 e. The number of rotatable bonds is 4. The van der Waals surface area contributed by atoms with E-state index in [2.05, 4.69) is 10.3 Å². The summed E-state index contributed by atoms with van der Waals surface area (Å²) in [6, 6.07) is 13.2. The number of pyridine rings is 1. The van der Waals surface area contributed by atoms with Crippen LogP contribution in [0.1, 0.15) is 0 Å². The summed E-state index contributed by atoms with van der Waals surface area (Å²) in [5.74, 6) is 0.791. The summed E-state index contributed by atoms with van der Waals surface area (Å²) >= 11 is 1.49. The van der Waals surface area contributed by atoms with Crippen molar-refractivity contribution in [1.82, 2.24) is 4.98 Å². The molecule has 0 fully saturated rings. The highest BCUT2D eigenvalue weighted by molar-refractivity contribution is 8.00. The Labute approximate surface area is 110 Å². The lowest BCUT2D eigenvalue weighted by Crippen LogP contribution is -2.14. The van der Waals surface area contributed by atoms with Gasteiger partial charge in [0.1, 0.15) is 5.82 Å². The number of nitrogen functional groups attached to an aromatic ring is 1. The molecule has 0 aliphatic heterocycles. The minimum atomic E-state index is -0.0823. The summed E-state index contributed by atoms with van der Waals surface area (Å²) in [4.78, 5) is 16.7. The number of carbonyl (C=O) groups is 1. The molecule has 0 unspecified atom stereocenters. The molecule has 1 amide bonds. The first-order valence-corrected chi connectivity index (χ1v) is 6.42. The van der Waals surface area contributed by atoms with Crippen LogP contribution in [-0.2, 0) is 4.79 Å². The molecular weight excluding hydrogens is 246 g/mol. The van der Waals surface area contributed by atoms with E-state index in [4.69, 9.17) is 5.73 Å². The third-order valence-electron chi connectivity index (χ3n) is 2.17. The van der Waals surface area contributed by atoms with Crippen molar-refractivity contribution in [3.05, 3.63) is 48.7 Å². The quantitative estimate of drug-likeness (QED) is 0.827. The van der Waals surface area contributed by atoms with E-state index in [9.17, 15) is 4.79 Å². The van der Waals surface area contributed by atoms with E-state index in [1.165, 1.54) is 18.0 Å². The fraction of sp³-hybridized carbons (Fsp3) is 0.0769. The Bertz CT molecular complexity index is 514.